The Morgan fingerprint density at radius 2 is 1.86 bits per heavy atom. The highest BCUT2D eigenvalue weighted by Gasteiger charge is 2.45. The summed E-state index contributed by atoms with van der Waals surface area (Å²) >= 11 is 0. The second-order valence-electron chi connectivity index (χ2n) is 6.66. The largest absolute Gasteiger partial charge is 0.393 e. The molecule has 0 aromatic rings. The molecule has 2 rings (SSSR count). The minimum Gasteiger partial charge on any atom is -0.393 e. The van der Waals surface area contributed by atoms with E-state index in [1.165, 1.54) is 16.7 Å². The summed E-state index contributed by atoms with van der Waals surface area (Å²) in [4.78, 5) is 23.1. The molecular formula is C19H26O3. The van der Waals surface area contributed by atoms with Crippen LogP contribution in [0.5, 0.6) is 0 Å². The van der Waals surface area contributed by atoms with Gasteiger partial charge in [-0.1, -0.05) is 34.9 Å². The maximum atomic E-state index is 11.6. The summed E-state index contributed by atoms with van der Waals surface area (Å²) in [5, 5.41) is 0. The first-order valence-electron chi connectivity index (χ1n) is 8.20. The number of rotatable bonds is 6. The number of carbonyl (C=O) groups is 2. The highest BCUT2D eigenvalue weighted by Crippen LogP contribution is 2.37. The Morgan fingerprint density at radius 3 is 2.59 bits per heavy atom. The van der Waals surface area contributed by atoms with Gasteiger partial charge >= 0.3 is 11.9 Å². The number of fused-ring (bicyclic) bond motifs is 1. The fraction of sp³-hybridized carbons (Fsp3) is 0.579. The van der Waals surface area contributed by atoms with Crippen LogP contribution in [-0.2, 0) is 14.3 Å². The van der Waals surface area contributed by atoms with Gasteiger partial charge in [0.1, 0.15) is 0 Å². The second kappa shape index (κ2) is 7.57. The predicted molar refractivity (Wildman–Crippen MR) is 87.1 cm³/mol. The van der Waals surface area contributed by atoms with Crippen LogP contribution < -0.4 is 0 Å². The van der Waals surface area contributed by atoms with Crippen LogP contribution in [0, 0.1) is 11.8 Å². The van der Waals surface area contributed by atoms with Crippen LogP contribution in [0.4, 0.5) is 0 Å². The van der Waals surface area contributed by atoms with Gasteiger partial charge in [-0.05, 0) is 59.3 Å². The molecule has 0 radical (unpaired) electrons. The molecule has 1 saturated heterocycles. The Kier molecular flexibility index (Phi) is 5.76. The van der Waals surface area contributed by atoms with Gasteiger partial charge < -0.3 is 4.74 Å². The Bertz CT molecular complexity index is 533. The molecule has 1 aliphatic heterocycles. The van der Waals surface area contributed by atoms with Gasteiger partial charge in [-0.15, -0.1) is 0 Å². The van der Waals surface area contributed by atoms with E-state index in [2.05, 4.69) is 39.0 Å². The fourth-order valence-corrected chi connectivity index (χ4v) is 3.12. The van der Waals surface area contributed by atoms with Crippen molar-refractivity contribution in [3.8, 4) is 0 Å². The SMILES string of the molecule is CC(C)=CCC/C(C)=C/CCC1=CC[C@H]2C(=O)OC(=O)[C@H]2C1. The van der Waals surface area contributed by atoms with E-state index in [4.69, 9.17) is 4.74 Å². The molecule has 0 unspecified atom stereocenters. The van der Waals surface area contributed by atoms with Crippen molar-refractivity contribution >= 4 is 11.9 Å². The first kappa shape index (κ1) is 16.7. The Morgan fingerprint density at radius 1 is 1.14 bits per heavy atom. The number of hydrogen-bond acceptors (Lipinski definition) is 3. The van der Waals surface area contributed by atoms with Crippen molar-refractivity contribution in [2.45, 2.75) is 59.3 Å². The zero-order chi connectivity index (χ0) is 16.1. The third kappa shape index (κ3) is 4.43. The van der Waals surface area contributed by atoms with E-state index >= 15 is 0 Å². The molecule has 2 aliphatic rings. The van der Waals surface area contributed by atoms with E-state index in [0.29, 0.717) is 12.8 Å². The van der Waals surface area contributed by atoms with Crippen molar-refractivity contribution < 1.29 is 14.3 Å². The summed E-state index contributed by atoms with van der Waals surface area (Å²) in [5.74, 6) is -1.11. The van der Waals surface area contributed by atoms with Crippen LogP contribution >= 0.6 is 0 Å². The molecule has 0 N–H and O–H groups in total. The van der Waals surface area contributed by atoms with Gasteiger partial charge in [0, 0.05) is 0 Å². The molecule has 1 heterocycles. The molecule has 0 amide bonds. The third-order valence-corrected chi connectivity index (χ3v) is 4.48. The van der Waals surface area contributed by atoms with Crippen molar-refractivity contribution in [2.24, 2.45) is 11.8 Å². The molecule has 0 aromatic heterocycles. The molecule has 22 heavy (non-hydrogen) atoms. The molecule has 3 nitrogen and oxygen atoms in total. The second-order valence-corrected chi connectivity index (χ2v) is 6.66. The summed E-state index contributed by atoms with van der Waals surface area (Å²) in [7, 11) is 0. The first-order valence-corrected chi connectivity index (χ1v) is 8.20. The predicted octanol–water partition coefficient (Wildman–Crippen LogP) is 4.50. The minimum absolute atomic E-state index is 0.224. The molecule has 0 saturated carbocycles. The van der Waals surface area contributed by atoms with Crippen LogP contribution in [0.2, 0.25) is 0 Å². The van der Waals surface area contributed by atoms with Crippen molar-refractivity contribution in [1.82, 2.24) is 0 Å². The molecule has 0 aromatic carbocycles. The Balaban J connectivity index is 1.78. The van der Waals surface area contributed by atoms with Crippen molar-refractivity contribution in [2.75, 3.05) is 0 Å². The fourth-order valence-electron chi connectivity index (χ4n) is 3.12. The van der Waals surface area contributed by atoms with Crippen molar-refractivity contribution in [3.63, 3.8) is 0 Å². The highest BCUT2D eigenvalue weighted by atomic mass is 16.6. The van der Waals surface area contributed by atoms with Gasteiger partial charge in [-0.25, -0.2) is 0 Å². The number of cyclic esters (lactones) is 2. The zero-order valence-electron chi connectivity index (χ0n) is 13.9. The molecule has 1 fully saturated rings. The van der Waals surface area contributed by atoms with E-state index in [0.717, 1.165) is 25.7 Å². The highest BCUT2D eigenvalue weighted by molar-refractivity contribution is 5.96. The number of esters is 2. The van der Waals surface area contributed by atoms with Gasteiger partial charge in [0.15, 0.2) is 0 Å². The lowest BCUT2D eigenvalue weighted by Gasteiger charge is -2.20. The standard InChI is InChI=1S/C19H26O3/c1-13(2)6-4-7-14(3)8-5-9-15-10-11-16-17(12-15)19(21)22-18(16)20/h6,8,10,16-17H,4-5,7,9,11-12H2,1-3H3/b14-8+/t16-,17+/m1/s1. The topological polar surface area (TPSA) is 43.4 Å². The summed E-state index contributed by atoms with van der Waals surface area (Å²) in [6, 6.07) is 0. The summed E-state index contributed by atoms with van der Waals surface area (Å²) in [6.45, 7) is 6.43. The van der Waals surface area contributed by atoms with Crippen LogP contribution in [-0.4, -0.2) is 11.9 Å². The third-order valence-electron chi connectivity index (χ3n) is 4.48. The maximum Gasteiger partial charge on any atom is 0.317 e. The minimum atomic E-state index is -0.333. The van der Waals surface area contributed by atoms with E-state index in [1.54, 1.807) is 0 Å². The summed E-state index contributed by atoms with van der Waals surface area (Å²) in [5.41, 5.74) is 4.08. The molecule has 3 heteroatoms. The summed E-state index contributed by atoms with van der Waals surface area (Å²) < 4.78 is 4.73. The van der Waals surface area contributed by atoms with Gasteiger partial charge in [-0.2, -0.15) is 0 Å². The smallest absolute Gasteiger partial charge is 0.317 e. The summed E-state index contributed by atoms with van der Waals surface area (Å²) in [6.07, 6.45) is 12.2. The normalized spacial score (nSPS) is 24.7. The monoisotopic (exact) mass is 302 g/mol. The first-order chi connectivity index (χ1) is 10.5. The van der Waals surface area contributed by atoms with E-state index < -0.39 is 0 Å². The maximum absolute atomic E-state index is 11.6. The Hall–Kier alpha value is -1.64. The number of hydrogen-bond donors (Lipinski definition) is 0. The molecule has 120 valence electrons. The lowest BCUT2D eigenvalue weighted by atomic mass is 9.80. The van der Waals surface area contributed by atoms with Crippen LogP contribution in [0.15, 0.2) is 34.9 Å². The van der Waals surface area contributed by atoms with Crippen molar-refractivity contribution in [1.29, 1.82) is 0 Å². The van der Waals surface area contributed by atoms with E-state index in [1.807, 2.05) is 0 Å². The molecule has 2 atom stereocenters. The number of allylic oxidation sites excluding steroid dienone is 6. The molecule has 0 bridgehead atoms. The van der Waals surface area contributed by atoms with Crippen LogP contribution in [0.25, 0.3) is 0 Å². The van der Waals surface area contributed by atoms with Gasteiger partial charge in [0.2, 0.25) is 0 Å². The van der Waals surface area contributed by atoms with Gasteiger partial charge in [0.05, 0.1) is 11.8 Å². The Labute approximate surface area is 133 Å². The average Bonchev–Trinajstić information content (AvgIpc) is 2.73. The van der Waals surface area contributed by atoms with E-state index in [-0.39, 0.29) is 23.8 Å². The molecular weight excluding hydrogens is 276 g/mol. The number of carbonyl (C=O) groups excluding carboxylic acids is 2. The lowest BCUT2D eigenvalue weighted by Crippen LogP contribution is -2.21. The average molecular weight is 302 g/mol. The number of ether oxygens (including phenoxy) is 1. The van der Waals surface area contributed by atoms with Crippen LogP contribution in [0.1, 0.15) is 59.3 Å². The van der Waals surface area contributed by atoms with Crippen LogP contribution in [0.3, 0.4) is 0 Å². The molecule has 0 spiro atoms. The van der Waals surface area contributed by atoms with Gasteiger partial charge in [0.25, 0.3) is 0 Å². The lowest BCUT2D eigenvalue weighted by molar-refractivity contribution is -0.153. The molecule has 1 aliphatic carbocycles. The quantitative estimate of drug-likeness (QED) is 0.412. The van der Waals surface area contributed by atoms with Gasteiger partial charge in [-0.3, -0.25) is 9.59 Å². The van der Waals surface area contributed by atoms with E-state index in [9.17, 15) is 9.59 Å². The van der Waals surface area contributed by atoms with Crippen molar-refractivity contribution in [3.05, 3.63) is 34.9 Å². The zero-order valence-corrected chi connectivity index (χ0v) is 13.9.